The van der Waals surface area contributed by atoms with Gasteiger partial charge in [-0.3, -0.25) is 14.2 Å². The van der Waals surface area contributed by atoms with Gasteiger partial charge in [0.2, 0.25) is 0 Å². The maximum absolute atomic E-state index is 13.2. The summed E-state index contributed by atoms with van der Waals surface area (Å²) in [5.41, 5.74) is 7.48. The average Bonchev–Trinajstić information content (AvgIpc) is 3.38. The van der Waals surface area contributed by atoms with Gasteiger partial charge in [0.25, 0.3) is 11.8 Å². The number of hydrogen-bond acceptors (Lipinski definition) is 6. The first-order chi connectivity index (χ1) is 14.6. The molecule has 1 aliphatic rings. The summed E-state index contributed by atoms with van der Waals surface area (Å²) in [4.78, 5) is 39.6. The molecule has 0 aliphatic carbocycles. The van der Waals surface area contributed by atoms with Crippen LogP contribution in [0, 0.1) is 0 Å². The molecule has 1 aromatic carbocycles. The topological polar surface area (TPSA) is 121 Å². The Kier molecular flexibility index (Phi) is 5.66. The van der Waals surface area contributed by atoms with Gasteiger partial charge in [-0.05, 0) is 31.4 Å². The largest absolute Gasteiger partial charge is 0.383 e. The number of aromatic nitrogens is 3. The van der Waals surface area contributed by atoms with Crippen molar-refractivity contribution >= 4 is 34.8 Å². The average molecular weight is 426 g/mol. The lowest BCUT2D eigenvalue weighted by Crippen LogP contribution is -2.35. The Morgan fingerprint density at radius 3 is 2.63 bits per heavy atom. The highest BCUT2D eigenvalue weighted by Crippen LogP contribution is 2.24. The molecule has 1 fully saturated rings. The van der Waals surface area contributed by atoms with Crippen LogP contribution in [0.15, 0.2) is 41.7 Å². The fraction of sp³-hybridized carbons (Fsp3) is 0.300. The van der Waals surface area contributed by atoms with Crippen LogP contribution >= 0.6 is 11.3 Å². The van der Waals surface area contributed by atoms with E-state index in [1.54, 1.807) is 4.57 Å². The maximum atomic E-state index is 13.2. The molecule has 30 heavy (non-hydrogen) atoms. The van der Waals surface area contributed by atoms with Gasteiger partial charge in [0.1, 0.15) is 10.7 Å². The van der Waals surface area contributed by atoms with Crippen molar-refractivity contribution in [3.05, 3.63) is 52.0 Å². The number of piperidine rings is 1. The van der Waals surface area contributed by atoms with Gasteiger partial charge in [0.05, 0.1) is 6.33 Å². The minimum Gasteiger partial charge on any atom is -0.383 e. The molecule has 1 saturated heterocycles. The number of nitrogens with zero attached hydrogens (tertiary/aromatic N) is 4. The summed E-state index contributed by atoms with van der Waals surface area (Å²) in [6, 6.07) is 9.46. The second-order valence-electron chi connectivity index (χ2n) is 6.91. The molecule has 2 amide bonds. The molecule has 0 unspecified atom stereocenters. The molecule has 4 N–H and O–H groups in total. The van der Waals surface area contributed by atoms with Crippen molar-refractivity contribution < 1.29 is 9.59 Å². The second kappa shape index (κ2) is 8.54. The first-order valence-electron chi connectivity index (χ1n) is 9.76. The van der Waals surface area contributed by atoms with Gasteiger partial charge in [-0.1, -0.05) is 29.5 Å². The van der Waals surface area contributed by atoms with Crippen LogP contribution in [-0.4, -0.2) is 51.4 Å². The highest BCUT2D eigenvalue weighted by Gasteiger charge is 2.25. The molecule has 0 bridgehead atoms. The SMILES string of the molecule is CNC(=O)c1[nH]cnc1/N=c1\sc(C(=O)N2CCCCC2)c(N)n1-c1ccccc1. The third-order valence-corrected chi connectivity index (χ3v) is 6.03. The first kappa shape index (κ1) is 19.9. The lowest BCUT2D eigenvalue weighted by molar-refractivity contribution is 0.0729. The third kappa shape index (κ3) is 3.73. The van der Waals surface area contributed by atoms with E-state index in [-0.39, 0.29) is 23.3 Å². The zero-order chi connectivity index (χ0) is 21.1. The molecule has 0 spiro atoms. The van der Waals surface area contributed by atoms with Crippen molar-refractivity contribution in [1.82, 2.24) is 24.8 Å². The molecule has 1 aliphatic heterocycles. The Labute approximate surface area is 177 Å². The Morgan fingerprint density at radius 2 is 1.93 bits per heavy atom. The molecular weight excluding hydrogens is 402 g/mol. The van der Waals surface area contributed by atoms with Gasteiger partial charge in [-0.2, -0.15) is 4.99 Å². The number of carbonyl (C=O) groups is 2. The van der Waals surface area contributed by atoms with Crippen molar-refractivity contribution in [3.8, 4) is 5.69 Å². The van der Waals surface area contributed by atoms with Crippen LogP contribution in [0.3, 0.4) is 0 Å². The number of nitrogen functional groups attached to an aromatic ring is 1. The predicted molar refractivity (Wildman–Crippen MR) is 115 cm³/mol. The second-order valence-corrected chi connectivity index (χ2v) is 7.89. The molecule has 10 heteroatoms. The van der Waals surface area contributed by atoms with E-state index in [0.29, 0.717) is 15.5 Å². The van der Waals surface area contributed by atoms with Gasteiger partial charge in [-0.15, -0.1) is 0 Å². The number of nitrogens with two attached hydrogens (primary N) is 1. The first-order valence-corrected chi connectivity index (χ1v) is 10.6. The number of aromatic amines is 1. The molecule has 3 heterocycles. The summed E-state index contributed by atoms with van der Waals surface area (Å²) in [5, 5.41) is 2.56. The lowest BCUT2D eigenvalue weighted by atomic mass is 10.1. The van der Waals surface area contributed by atoms with Crippen LogP contribution < -0.4 is 15.9 Å². The van der Waals surface area contributed by atoms with Crippen LogP contribution in [0.5, 0.6) is 0 Å². The number of H-pyrrole nitrogens is 1. The molecule has 2 aromatic heterocycles. The van der Waals surface area contributed by atoms with Crippen molar-refractivity contribution in [2.45, 2.75) is 19.3 Å². The summed E-state index contributed by atoms with van der Waals surface area (Å²) in [7, 11) is 1.54. The number of rotatable bonds is 4. The number of hydrogen-bond donors (Lipinski definition) is 3. The highest BCUT2D eigenvalue weighted by molar-refractivity contribution is 7.12. The van der Waals surface area contributed by atoms with Crippen LogP contribution in [0.25, 0.3) is 5.69 Å². The summed E-state index contributed by atoms with van der Waals surface area (Å²) >= 11 is 1.20. The van der Waals surface area contributed by atoms with Crippen LogP contribution in [0.1, 0.15) is 39.4 Å². The molecule has 9 nitrogen and oxygen atoms in total. The quantitative estimate of drug-likeness (QED) is 0.592. The normalized spacial score (nSPS) is 14.7. The predicted octanol–water partition coefficient (Wildman–Crippen LogP) is 2.06. The molecular formula is C20H23N7O2S. The summed E-state index contributed by atoms with van der Waals surface area (Å²) < 4.78 is 1.73. The molecule has 0 saturated carbocycles. The minimum atomic E-state index is -0.327. The number of benzene rings is 1. The number of imidazole rings is 1. The Morgan fingerprint density at radius 1 is 1.20 bits per heavy atom. The number of para-hydroxylation sites is 1. The van der Waals surface area contributed by atoms with Crippen LogP contribution in [-0.2, 0) is 0 Å². The van der Waals surface area contributed by atoms with Crippen molar-refractivity contribution in [2.75, 3.05) is 25.9 Å². The van der Waals surface area contributed by atoms with E-state index in [4.69, 9.17) is 5.73 Å². The molecule has 156 valence electrons. The van der Waals surface area contributed by atoms with E-state index < -0.39 is 0 Å². The molecule has 3 aromatic rings. The fourth-order valence-electron chi connectivity index (χ4n) is 3.44. The fourth-order valence-corrected chi connectivity index (χ4v) is 4.46. The van der Waals surface area contributed by atoms with Gasteiger partial charge in [0.15, 0.2) is 16.3 Å². The summed E-state index contributed by atoms with van der Waals surface area (Å²) in [5.74, 6) is 0.151. The van der Waals surface area contributed by atoms with E-state index in [2.05, 4.69) is 20.3 Å². The minimum absolute atomic E-state index is 0.0862. The Hall–Kier alpha value is -3.40. The Balaban J connectivity index is 1.86. The van der Waals surface area contributed by atoms with Crippen LogP contribution in [0.4, 0.5) is 11.6 Å². The van der Waals surface area contributed by atoms with Crippen molar-refractivity contribution in [3.63, 3.8) is 0 Å². The number of nitrogens with one attached hydrogen (secondary N) is 2. The number of carbonyl (C=O) groups excluding carboxylic acids is 2. The summed E-state index contributed by atoms with van der Waals surface area (Å²) in [6.07, 6.45) is 4.54. The monoisotopic (exact) mass is 425 g/mol. The third-order valence-electron chi connectivity index (χ3n) is 4.99. The zero-order valence-corrected chi connectivity index (χ0v) is 17.4. The van der Waals surface area contributed by atoms with Gasteiger partial charge >= 0.3 is 0 Å². The standard InChI is InChI=1S/C20H23N7O2S/c1-22-18(28)14-17(24-12-23-14)25-20-27(13-8-4-2-5-9-13)16(21)15(30-20)19(29)26-10-6-3-7-11-26/h2,4-5,8-9,12H,3,6-7,10-11,21H2,1H3,(H,22,28)(H,23,24)/b25-20-. The van der Waals surface area contributed by atoms with Crippen LogP contribution in [0.2, 0.25) is 0 Å². The van der Waals surface area contributed by atoms with E-state index in [1.165, 1.54) is 24.7 Å². The number of likely N-dealkylation sites (tertiary alicyclic amines) is 1. The van der Waals surface area contributed by atoms with Gasteiger partial charge < -0.3 is 20.9 Å². The smallest absolute Gasteiger partial charge is 0.271 e. The molecule has 0 atom stereocenters. The summed E-state index contributed by atoms with van der Waals surface area (Å²) in [6.45, 7) is 1.46. The number of amides is 2. The zero-order valence-electron chi connectivity index (χ0n) is 16.6. The van der Waals surface area contributed by atoms with E-state index in [9.17, 15) is 9.59 Å². The van der Waals surface area contributed by atoms with Crippen molar-refractivity contribution in [1.29, 1.82) is 0 Å². The lowest BCUT2D eigenvalue weighted by Gasteiger charge is -2.26. The Bertz CT molecular complexity index is 1120. The number of thiazole rings is 1. The molecule has 4 rings (SSSR count). The van der Waals surface area contributed by atoms with E-state index in [0.717, 1.165) is 38.0 Å². The molecule has 0 radical (unpaired) electrons. The number of anilines is 1. The van der Waals surface area contributed by atoms with Gasteiger partial charge in [0, 0.05) is 25.8 Å². The van der Waals surface area contributed by atoms with E-state index >= 15 is 0 Å². The maximum Gasteiger partial charge on any atom is 0.271 e. The van der Waals surface area contributed by atoms with E-state index in [1.807, 2.05) is 35.2 Å². The van der Waals surface area contributed by atoms with Gasteiger partial charge in [-0.25, -0.2) is 4.98 Å². The highest BCUT2D eigenvalue weighted by atomic mass is 32.1. The van der Waals surface area contributed by atoms with Crippen molar-refractivity contribution in [2.24, 2.45) is 4.99 Å².